The molecule has 2 heterocycles. The Morgan fingerprint density at radius 1 is 0.936 bits per heavy atom. The van der Waals surface area contributed by atoms with Crippen LogP contribution < -0.4 is 0 Å². The Kier molecular flexibility index (Phi) is 9.87. The molecule has 4 saturated carbocycles. The lowest BCUT2D eigenvalue weighted by Crippen LogP contribution is -2.66. The van der Waals surface area contributed by atoms with Crippen LogP contribution in [0.5, 0.6) is 0 Å². The monoisotopic (exact) mass is 666 g/mol. The van der Waals surface area contributed by atoms with Gasteiger partial charge < -0.3 is 50.0 Å². The summed E-state index contributed by atoms with van der Waals surface area (Å²) >= 11 is 0. The highest BCUT2D eigenvalue weighted by Gasteiger charge is 2.70. The van der Waals surface area contributed by atoms with Gasteiger partial charge in [-0.3, -0.25) is 0 Å². The van der Waals surface area contributed by atoms with Gasteiger partial charge in [0.2, 0.25) is 0 Å². The molecule has 0 bridgehead atoms. The summed E-state index contributed by atoms with van der Waals surface area (Å²) in [4.78, 5) is 0. The lowest BCUT2D eigenvalue weighted by atomic mass is 9.43. The smallest absolute Gasteiger partial charge is 0.187 e. The number of hydrogen-bond acceptors (Lipinski definition) is 10. The van der Waals surface area contributed by atoms with E-state index in [0.29, 0.717) is 25.7 Å². The Balaban J connectivity index is 1.38. The fourth-order valence-electron chi connectivity index (χ4n) is 12.5. The van der Waals surface area contributed by atoms with Crippen LogP contribution in [0.2, 0.25) is 0 Å². The molecule has 0 aromatic carbocycles. The Hall–Kier alpha value is -0.660. The fraction of sp³-hybridized carbons (Fsp3) is 0.946. The van der Waals surface area contributed by atoms with Crippen LogP contribution in [0.1, 0.15) is 93.4 Å². The lowest BCUT2D eigenvalue weighted by Gasteiger charge is -2.64. The van der Waals surface area contributed by atoms with Crippen molar-refractivity contribution in [2.24, 2.45) is 52.3 Å². The summed E-state index contributed by atoms with van der Waals surface area (Å²) < 4.78 is 20.0. The molecule has 2 aliphatic heterocycles. The van der Waals surface area contributed by atoms with Crippen molar-refractivity contribution < 1.29 is 50.0 Å². The molecule has 6 fully saturated rings. The summed E-state index contributed by atoms with van der Waals surface area (Å²) in [5.41, 5.74) is -0.538. The number of hydrogen-bond donors (Lipinski definition) is 7. The first-order valence-electron chi connectivity index (χ1n) is 18.3. The Bertz CT molecular complexity index is 1160. The Labute approximate surface area is 280 Å². The average Bonchev–Trinajstić information content (AvgIpc) is 3.26. The second-order valence-electron chi connectivity index (χ2n) is 17.7. The number of rotatable bonds is 6. The number of fused-ring (bicyclic) bond motifs is 7. The van der Waals surface area contributed by atoms with Crippen LogP contribution in [0.3, 0.4) is 0 Å². The van der Waals surface area contributed by atoms with Crippen molar-refractivity contribution in [3.8, 4) is 0 Å². The van der Waals surface area contributed by atoms with Gasteiger partial charge in [-0.25, -0.2) is 0 Å². The topological polar surface area (TPSA) is 169 Å². The minimum Gasteiger partial charge on any atom is -0.394 e. The maximum atomic E-state index is 12.1. The van der Waals surface area contributed by atoms with E-state index >= 15 is 0 Å². The molecule has 6 rings (SSSR count). The van der Waals surface area contributed by atoms with Gasteiger partial charge in [0.1, 0.15) is 30.0 Å². The minimum absolute atomic E-state index is 0.0208. The Morgan fingerprint density at radius 2 is 1.64 bits per heavy atom. The number of aliphatic hydroxyl groups is 7. The van der Waals surface area contributed by atoms with Crippen molar-refractivity contribution in [3.63, 3.8) is 0 Å². The standard InChI is InChI=1S/C37H62O10/c1-17(2)13-37(14-18(3)4)33(46-34-32(44)31(43)30(42)26(16-38)45-34)19(5)28-25(47-37)12-23-22-9-8-20-10-21(39)11-27(41)36(20,7)29(22)24(40)15-35(23,28)6/h13,18-34,38-44H,8-12,14-16H2,1-7H3/t19-,20?,21-,22-,23-,24+,25-,26+,27-,28-,29+,30+,31-,32+,33+,34-,35-,36+,37+/m0/s1. The summed E-state index contributed by atoms with van der Waals surface area (Å²) in [6.07, 6.45) is -2.25. The molecule has 10 heteroatoms. The van der Waals surface area contributed by atoms with Gasteiger partial charge in [-0.2, -0.15) is 0 Å². The second-order valence-corrected chi connectivity index (χ2v) is 17.7. The third kappa shape index (κ3) is 5.69. The average molecular weight is 667 g/mol. The van der Waals surface area contributed by atoms with Gasteiger partial charge in [0, 0.05) is 5.41 Å². The molecule has 0 aromatic rings. The predicted octanol–water partition coefficient (Wildman–Crippen LogP) is 2.53. The number of allylic oxidation sites excluding steroid dienone is 1. The molecule has 10 nitrogen and oxygen atoms in total. The molecule has 6 aliphatic rings. The zero-order chi connectivity index (χ0) is 34.4. The first-order valence-corrected chi connectivity index (χ1v) is 18.3. The van der Waals surface area contributed by atoms with Gasteiger partial charge >= 0.3 is 0 Å². The van der Waals surface area contributed by atoms with Crippen LogP contribution in [0.25, 0.3) is 0 Å². The van der Waals surface area contributed by atoms with Gasteiger partial charge in [-0.05, 0) is 106 Å². The van der Waals surface area contributed by atoms with Crippen molar-refractivity contribution >= 4 is 0 Å². The maximum Gasteiger partial charge on any atom is 0.187 e. The highest BCUT2D eigenvalue weighted by atomic mass is 16.7. The summed E-state index contributed by atoms with van der Waals surface area (Å²) in [5, 5.41) is 76.1. The second kappa shape index (κ2) is 12.8. The molecule has 0 amide bonds. The van der Waals surface area contributed by atoms with Crippen LogP contribution in [-0.2, 0) is 14.2 Å². The van der Waals surface area contributed by atoms with Crippen molar-refractivity contribution in [1.29, 1.82) is 0 Å². The van der Waals surface area contributed by atoms with Crippen LogP contribution in [0, 0.1) is 52.3 Å². The van der Waals surface area contributed by atoms with Gasteiger partial charge in [0.15, 0.2) is 6.29 Å². The van der Waals surface area contributed by atoms with E-state index < -0.39 is 72.7 Å². The zero-order valence-electron chi connectivity index (χ0n) is 29.4. The molecule has 1 unspecified atom stereocenters. The van der Waals surface area contributed by atoms with Crippen molar-refractivity contribution in [2.45, 2.75) is 160 Å². The fourth-order valence-corrected chi connectivity index (χ4v) is 12.5. The van der Waals surface area contributed by atoms with Crippen LogP contribution in [-0.4, -0.2) is 109 Å². The third-order valence-electron chi connectivity index (χ3n) is 14.0. The first-order chi connectivity index (χ1) is 22.0. The molecule has 19 atom stereocenters. The van der Waals surface area contributed by atoms with E-state index in [0.717, 1.165) is 24.8 Å². The van der Waals surface area contributed by atoms with Gasteiger partial charge in [-0.15, -0.1) is 0 Å². The molecule has 0 spiro atoms. The molecule has 270 valence electrons. The SMILES string of the molecule is CC(C)=C[C@]1(CC(C)C)O[C@H]2C[C@H]3[C@@H]4CCC5C[C@H](O)C[C@H](O)[C@]5(C)[C@H]4[C@H](O)C[C@]3(C)[C@H]2[C@H](C)[C@H]1O[C@@H]1O[C@H](CO)[C@@H](O)[C@H](O)[C@H]1O. The van der Waals surface area contributed by atoms with Crippen LogP contribution in [0.15, 0.2) is 11.6 Å². The van der Waals surface area contributed by atoms with Gasteiger partial charge in [0.25, 0.3) is 0 Å². The molecule has 0 aromatic heterocycles. The van der Waals surface area contributed by atoms with E-state index in [-0.39, 0.29) is 52.9 Å². The summed E-state index contributed by atoms with van der Waals surface area (Å²) in [6, 6.07) is 0. The molecular formula is C37H62O10. The molecule has 47 heavy (non-hydrogen) atoms. The third-order valence-corrected chi connectivity index (χ3v) is 14.0. The van der Waals surface area contributed by atoms with E-state index in [1.165, 1.54) is 0 Å². The van der Waals surface area contributed by atoms with Crippen molar-refractivity contribution in [2.75, 3.05) is 6.61 Å². The lowest BCUT2D eigenvalue weighted by molar-refractivity contribution is -0.344. The maximum absolute atomic E-state index is 12.1. The molecule has 4 aliphatic carbocycles. The van der Waals surface area contributed by atoms with Gasteiger partial charge in [0.05, 0.1) is 37.1 Å². The zero-order valence-corrected chi connectivity index (χ0v) is 29.4. The number of ether oxygens (including phenoxy) is 3. The van der Waals surface area contributed by atoms with Crippen LogP contribution >= 0.6 is 0 Å². The summed E-state index contributed by atoms with van der Waals surface area (Å²) in [7, 11) is 0. The van der Waals surface area contributed by atoms with E-state index in [9.17, 15) is 35.7 Å². The van der Waals surface area contributed by atoms with Crippen molar-refractivity contribution in [1.82, 2.24) is 0 Å². The number of aliphatic hydroxyl groups excluding tert-OH is 7. The Morgan fingerprint density at radius 3 is 2.28 bits per heavy atom. The van der Waals surface area contributed by atoms with Crippen molar-refractivity contribution in [3.05, 3.63) is 11.6 Å². The molecule has 7 N–H and O–H groups in total. The summed E-state index contributed by atoms with van der Waals surface area (Å²) in [6.45, 7) is 14.5. The largest absolute Gasteiger partial charge is 0.394 e. The van der Waals surface area contributed by atoms with E-state index in [4.69, 9.17) is 14.2 Å². The van der Waals surface area contributed by atoms with Gasteiger partial charge in [-0.1, -0.05) is 46.3 Å². The predicted molar refractivity (Wildman–Crippen MR) is 174 cm³/mol. The minimum atomic E-state index is -1.55. The van der Waals surface area contributed by atoms with Crippen LogP contribution in [0.4, 0.5) is 0 Å². The first kappa shape index (κ1) is 36.1. The van der Waals surface area contributed by atoms with E-state index in [1.807, 2.05) is 13.8 Å². The molecule has 2 saturated heterocycles. The van der Waals surface area contributed by atoms with E-state index in [1.54, 1.807) is 0 Å². The normalized spacial score (nSPS) is 55.9. The highest BCUT2D eigenvalue weighted by Crippen LogP contribution is 2.70. The van der Waals surface area contributed by atoms with E-state index in [2.05, 4.69) is 40.7 Å². The molecular weight excluding hydrogens is 604 g/mol. The highest BCUT2D eigenvalue weighted by molar-refractivity contribution is 5.22. The summed E-state index contributed by atoms with van der Waals surface area (Å²) in [5.74, 6) is 0.747. The molecule has 0 radical (unpaired) electrons. The quantitative estimate of drug-likeness (QED) is 0.209.